The molecule has 1 aromatic heterocycles. The summed E-state index contributed by atoms with van der Waals surface area (Å²) in [6.45, 7) is 1.63. The molecule has 212 valence electrons. The van der Waals surface area contributed by atoms with Crippen molar-refractivity contribution in [3.8, 4) is 29.0 Å². The van der Waals surface area contributed by atoms with Crippen LogP contribution in [-0.2, 0) is 15.6 Å². The Morgan fingerprint density at radius 1 is 1.00 bits per heavy atom. The van der Waals surface area contributed by atoms with Crippen molar-refractivity contribution in [1.82, 2.24) is 15.1 Å². The third-order valence-corrected chi connectivity index (χ3v) is 9.24. The molecule has 3 aliphatic rings. The van der Waals surface area contributed by atoms with Crippen LogP contribution in [0.4, 0.5) is 10.1 Å². The number of anilines is 1. The number of nitrogens with zero attached hydrogens (tertiary/aromatic N) is 5. The second kappa shape index (κ2) is 12.7. The molecule has 0 spiro atoms. The zero-order valence-corrected chi connectivity index (χ0v) is 23.7. The third-order valence-electron chi connectivity index (χ3n) is 7.96. The minimum absolute atomic E-state index is 0.00337. The molecule has 0 radical (unpaired) electrons. The standard InChI is InChI=1S/C20H17FN4OS.C11H16N2O/c21-20-6-5-19(11-16(20)12-22)25-14-17(13-23-25)15-1-3-18(4-2-15)24-7-9-27(26)10-8-24;12-8-11(6-7-11)13-10(14)9-4-2-1-3-5-9/h1-6,11,13-14H,7-10H2;9H,1-7H2,(H,13,14). The second-order valence-electron chi connectivity index (χ2n) is 10.8. The lowest BCUT2D eigenvalue weighted by Gasteiger charge is -2.28. The molecule has 3 fully saturated rings. The fraction of sp³-hybridized carbons (Fsp3) is 0.419. The molecule has 2 aliphatic carbocycles. The Labute approximate surface area is 242 Å². The summed E-state index contributed by atoms with van der Waals surface area (Å²) in [5.74, 6) is 1.19. The van der Waals surface area contributed by atoms with Crippen LogP contribution < -0.4 is 10.2 Å². The van der Waals surface area contributed by atoms with Gasteiger partial charge in [-0.25, -0.2) is 9.07 Å². The number of hydrogen-bond acceptors (Lipinski definition) is 6. The predicted octanol–water partition coefficient (Wildman–Crippen LogP) is 4.86. The first-order chi connectivity index (χ1) is 19.9. The van der Waals surface area contributed by atoms with E-state index in [1.54, 1.807) is 16.9 Å². The van der Waals surface area contributed by atoms with E-state index in [2.05, 4.69) is 33.5 Å². The molecule has 0 bridgehead atoms. The van der Waals surface area contributed by atoms with E-state index in [-0.39, 0.29) is 17.4 Å². The summed E-state index contributed by atoms with van der Waals surface area (Å²) in [5, 5.41) is 25.0. The number of halogens is 1. The van der Waals surface area contributed by atoms with Crippen LogP contribution >= 0.6 is 0 Å². The van der Waals surface area contributed by atoms with Crippen LogP contribution in [0.5, 0.6) is 0 Å². The first kappa shape index (κ1) is 28.5. The van der Waals surface area contributed by atoms with Gasteiger partial charge in [-0.05, 0) is 61.6 Å². The molecule has 1 saturated heterocycles. The highest BCUT2D eigenvalue weighted by Crippen LogP contribution is 2.35. The highest BCUT2D eigenvalue weighted by molar-refractivity contribution is 7.85. The van der Waals surface area contributed by atoms with Gasteiger partial charge in [-0.3, -0.25) is 9.00 Å². The zero-order chi connectivity index (χ0) is 28.8. The molecule has 6 rings (SSSR count). The summed E-state index contributed by atoms with van der Waals surface area (Å²) in [4.78, 5) is 14.0. The number of nitriles is 2. The van der Waals surface area contributed by atoms with Gasteiger partial charge >= 0.3 is 0 Å². The fourth-order valence-electron chi connectivity index (χ4n) is 5.21. The molecule has 2 aromatic carbocycles. The molecule has 8 nitrogen and oxygen atoms in total. The maximum atomic E-state index is 13.5. The van der Waals surface area contributed by atoms with Gasteiger partial charge in [0.1, 0.15) is 17.4 Å². The van der Waals surface area contributed by atoms with Crippen molar-refractivity contribution in [3.05, 3.63) is 66.2 Å². The van der Waals surface area contributed by atoms with Gasteiger partial charge in [-0.15, -0.1) is 0 Å². The smallest absolute Gasteiger partial charge is 0.224 e. The van der Waals surface area contributed by atoms with Crippen LogP contribution in [0.1, 0.15) is 50.5 Å². The van der Waals surface area contributed by atoms with Crippen LogP contribution in [0.2, 0.25) is 0 Å². The molecule has 1 N–H and O–H groups in total. The number of rotatable bonds is 5. The summed E-state index contributed by atoms with van der Waals surface area (Å²) >= 11 is 0. The van der Waals surface area contributed by atoms with Crippen molar-refractivity contribution in [2.24, 2.45) is 5.92 Å². The summed E-state index contributed by atoms with van der Waals surface area (Å²) in [6.07, 6.45) is 10.9. The number of nitrogens with one attached hydrogen (secondary N) is 1. The van der Waals surface area contributed by atoms with Gasteiger partial charge in [0, 0.05) is 58.8 Å². The quantitative estimate of drug-likeness (QED) is 0.467. The second-order valence-corrected chi connectivity index (χ2v) is 12.5. The van der Waals surface area contributed by atoms with E-state index < -0.39 is 22.2 Å². The number of benzene rings is 2. The van der Waals surface area contributed by atoms with E-state index in [9.17, 15) is 13.4 Å². The Hall–Kier alpha value is -4.02. The Kier molecular flexibility index (Phi) is 8.80. The normalized spacial score (nSPS) is 18.4. The van der Waals surface area contributed by atoms with Crippen molar-refractivity contribution in [2.75, 3.05) is 29.5 Å². The largest absolute Gasteiger partial charge is 0.370 e. The molecular formula is C31H33FN6O2S. The SMILES string of the molecule is N#CC1(NC(=O)C2CCCCC2)CC1.N#Cc1cc(-n2cc(-c3ccc(N4CCS(=O)CC4)cc3)cn2)ccc1F. The third kappa shape index (κ3) is 7.01. The molecule has 41 heavy (non-hydrogen) atoms. The van der Waals surface area contributed by atoms with Crippen LogP contribution in [0, 0.1) is 34.4 Å². The van der Waals surface area contributed by atoms with E-state index in [0.717, 1.165) is 79.9 Å². The number of carbonyl (C=O) groups is 1. The van der Waals surface area contributed by atoms with Gasteiger partial charge in [-0.2, -0.15) is 15.6 Å². The lowest BCUT2D eigenvalue weighted by atomic mass is 9.88. The maximum absolute atomic E-state index is 13.5. The monoisotopic (exact) mass is 572 g/mol. The van der Waals surface area contributed by atoms with Crippen LogP contribution in [0.15, 0.2) is 54.9 Å². The summed E-state index contributed by atoms with van der Waals surface area (Å²) in [7, 11) is -0.685. The summed E-state index contributed by atoms with van der Waals surface area (Å²) < 4.78 is 26.6. The van der Waals surface area contributed by atoms with Crippen molar-refractivity contribution in [3.63, 3.8) is 0 Å². The average molecular weight is 573 g/mol. The Balaban J connectivity index is 0.000000202. The highest BCUT2D eigenvalue weighted by atomic mass is 32.2. The number of aromatic nitrogens is 2. The van der Waals surface area contributed by atoms with Gasteiger partial charge in [-0.1, -0.05) is 31.4 Å². The van der Waals surface area contributed by atoms with Crippen LogP contribution in [0.25, 0.3) is 16.8 Å². The molecule has 0 unspecified atom stereocenters. The topological polar surface area (TPSA) is 115 Å². The van der Waals surface area contributed by atoms with Gasteiger partial charge in [0.25, 0.3) is 0 Å². The van der Waals surface area contributed by atoms with Crippen molar-refractivity contribution in [1.29, 1.82) is 10.5 Å². The molecule has 2 heterocycles. The van der Waals surface area contributed by atoms with Gasteiger partial charge < -0.3 is 10.2 Å². The Morgan fingerprint density at radius 2 is 1.68 bits per heavy atom. The summed E-state index contributed by atoms with van der Waals surface area (Å²) in [5.41, 5.74) is 3.24. The van der Waals surface area contributed by atoms with Crippen molar-refractivity contribution >= 4 is 22.4 Å². The minimum Gasteiger partial charge on any atom is -0.370 e. The number of carbonyl (C=O) groups excluding carboxylic acids is 1. The molecule has 0 atom stereocenters. The molecule has 10 heteroatoms. The lowest BCUT2D eigenvalue weighted by molar-refractivity contribution is -0.126. The molecule has 3 aromatic rings. The van der Waals surface area contributed by atoms with Crippen LogP contribution in [0.3, 0.4) is 0 Å². The van der Waals surface area contributed by atoms with E-state index in [1.165, 1.54) is 18.6 Å². The van der Waals surface area contributed by atoms with Crippen molar-refractivity contribution < 1.29 is 13.4 Å². The molecule has 1 aliphatic heterocycles. The Morgan fingerprint density at radius 3 is 2.32 bits per heavy atom. The highest BCUT2D eigenvalue weighted by Gasteiger charge is 2.45. The van der Waals surface area contributed by atoms with E-state index in [1.807, 2.05) is 24.4 Å². The van der Waals surface area contributed by atoms with Gasteiger partial charge in [0.05, 0.1) is 23.5 Å². The van der Waals surface area contributed by atoms with E-state index >= 15 is 0 Å². The first-order valence-electron chi connectivity index (χ1n) is 14.1. The average Bonchev–Trinajstić information content (AvgIpc) is 3.61. The lowest BCUT2D eigenvalue weighted by Crippen LogP contribution is -2.40. The maximum Gasteiger partial charge on any atom is 0.224 e. The molecular weight excluding hydrogens is 539 g/mol. The van der Waals surface area contributed by atoms with E-state index in [4.69, 9.17) is 10.5 Å². The van der Waals surface area contributed by atoms with Gasteiger partial charge in [0.2, 0.25) is 5.91 Å². The molecule has 2 saturated carbocycles. The predicted molar refractivity (Wildman–Crippen MR) is 156 cm³/mol. The first-order valence-corrected chi connectivity index (χ1v) is 15.6. The summed E-state index contributed by atoms with van der Waals surface area (Å²) in [6, 6.07) is 16.6. The van der Waals surface area contributed by atoms with E-state index in [0.29, 0.717) is 5.69 Å². The minimum atomic E-state index is -0.685. The Bertz CT molecular complexity index is 1490. The van der Waals surface area contributed by atoms with Crippen molar-refractivity contribution in [2.45, 2.75) is 50.5 Å². The zero-order valence-electron chi connectivity index (χ0n) is 22.9. The van der Waals surface area contributed by atoms with Crippen LogP contribution in [-0.4, -0.2) is 50.0 Å². The van der Waals surface area contributed by atoms with Gasteiger partial charge in [0.15, 0.2) is 0 Å². The fourth-order valence-corrected chi connectivity index (χ4v) is 6.26. The number of hydrogen-bond donors (Lipinski definition) is 1. The number of amides is 1. The molecule has 1 amide bonds.